The maximum Gasteiger partial charge on any atom is 0.253 e. The van der Waals surface area contributed by atoms with Gasteiger partial charge in [-0.1, -0.05) is 71.0 Å². The second kappa shape index (κ2) is 14.8. The molecule has 2 rings (SSSR count). The molecule has 0 aromatic heterocycles. The zero-order valence-electron chi connectivity index (χ0n) is 22.7. The first-order chi connectivity index (χ1) is 17.1. The van der Waals surface area contributed by atoms with Gasteiger partial charge in [0.1, 0.15) is 0 Å². The smallest absolute Gasteiger partial charge is 0.253 e. The minimum Gasteiger partial charge on any atom is -0.390 e. The van der Waals surface area contributed by atoms with Crippen LogP contribution in [0.4, 0.5) is 0 Å². The van der Waals surface area contributed by atoms with Crippen molar-refractivity contribution in [1.82, 2.24) is 15.5 Å². The Bertz CT molecular complexity index is 934. The first-order valence-corrected chi connectivity index (χ1v) is 13.3. The van der Waals surface area contributed by atoms with Crippen LogP contribution in [0.1, 0.15) is 80.2 Å². The van der Waals surface area contributed by atoms with Gasteiger partial charge < -0.3 is 20.6 Å². The van der Waals surface area contributed by atoms with Crippen molar-refractivity contribution >= 4 is 11.8 Å². The van der Waals surface area contributed by atoms with Gasteiger partial charge in [0, 0.05) is 30.8 Å². The fourth-order valence-corrected chi connectivity index (χ4v) is 4.09. The molecule has 36 heavy (non-hydrogen) atoms. The molecule has 6 heteroatoms. The van der Waals surface area contributed by atoms with Crippen LogP contribution < -0.4 is 10.6 Å². The average Bonchev–Trinajstić information content (AvgIpc) is 2.85. The number of aliphatic hydroxyl groups is 1. The quantitative estimate of drug-likeness (QED) is 0.333. The van der Waals surface area contributed by atoms with Gasteiger partial charge in [0.25, 0.3) is 11.8 Å². The van der Waals surface area contributed by atoms with E-state index in [-0.39, 0.29) is 17.2 Å². The van der Waals surface area contributed by atoms with Gasteiger partial charge in [0.05, 0.1) is 12.1 Å². The highest BCUT2D eigenvalue weighted by atomic mass is 16.3. The number of hydrogen-bond acceptors (Lipinski definition) is 4. The molecule has 0 saturated carbocycles. The summed E-state index contributed by atoms with van der Waals surface area (Å²) in [6.45, 7) is 13.2. The van der Waals surface area contributed by atoms with Crippen LogP contribution in [0, 0.1) is 5.41 Å². The molecule has 0 heterocycles. The maximum absolute atomic E-state index is 13.2. The van der Waals surface area contributed by atoms with E-state index in [9.17, 15) is 14.7 Å². The van der Waals surface area contributed by atoms with Crippen LogP contribution in [0.2, 0.25) is 0 Å². The SMILES string of the molecule is CCCN(CCC)C(=O)c1cccc(C(=O)N[C@@H](Cc2ccccc2)[C@H](O)CNCCC(C)(C)C)c1. The molecule has 0 saturated heterocycles. The molecule has 2 atom stereocenters. The molecule has 2 aromatic carbocycles. The molecule has 3 N–H and O–H groups in total. The Morgan fingerprint density at radius 2 is 1.58 bits per heavy atom. The van der Waals surface area contributed by atoms with E-state index in [1.165, 1.54) is 0 Å². The normalized spacial score (nSPS) is 13.2. The monoisotopic (exact) mass is 495 g/mol. The number of carbonyl (C=O) groups is 2. The van der Waals surface area contributed by atoms with Gasteiger partial charge in [-0.2, -0.15) is 0 Å². The number of aliphatic hydroxyl groups excluding tert-OH is 1. The van der Waals surface area contributed by atoms with Crippen LogP contribution in [0.25, 0.3) is 0 Å². The predicted octanol–water partition coefficient (Wildman–Crippen LogP) is 4.68. The molecule has 2 amide bonds. The highest BCUT2D eigenvalue weighted by Crippen LogP contribution is 2.17. The van der Waals surface area contributed by atoms with Crippen molar-refractivity contribution < 1.29 is 14.7 Å². The van der Waals surface area contributed by atoms with E-state index in [0.717, 1.165) is 31.4 Å². The third-order valence-corrected chi connectivity index (χ3v) is 6.13. The summed E-state index contributed by atoms with van der Waals surface area (Å²) in [6.07, 6.45) is 2.50. The standard InChI is InChI=1S/C30H45N3O3/c1-6-18-33(19-7-2)29(36)25-15-11-14-24(21-25)28(35)32-26(20-23-12-9-8-10-13-23)27(34)22-31-17-16-30(3,4)5/h8-15,21,26-27,31,34H,6-7,16-20,22H2,1-5H3,(H,32,35)/t26-,27+/m0/s1. The number of carbonyl (C=O) groups excluding carboxylic acids is 2. The number of hydrogen-bond donors (Lipinski definition) is 3. The molecule has 0 aliphatic heterocycles. The third-order valence-electron chi connectivity index (χ3n) is 6.13. The zero-order chi connectivity index (χ0) is 26.6. The zero-order valence-corrected chi connectivity index (χ0v) is 22.7. The van der Waals surface area contributed by atoms with Crippen LogP contribution in [-0.4, -0.2) is 60.1 Å². The van der Waals surface area contributed by atoms with E-state index in [1.807, 2.05) is 35.2 Å². The number of benzene rings is 2. The van der Waals surface area contributed by atoms with Crippen LogP contribution in [0.5, 0.6) is 0 Å². The summed E-state index contributed by atoms with van der Waals surface area (Å²) >= 11 is 0. The van der Waals surface area contributed by atoms with Gasteiger partial charge in [-0.15, -0.1) is 0 Å². The summed E-state index contributed by atoms with van der Waals surface area (Å²) in [6, 6.07) is 16.2. The first kappa shape index (κ1) is 29.5. The summed E-state index contributed by atoms with van der Waals surface area (Å²) in [7, 11) is 0. The van der Waals surface area contributed by atoms with E-state index in [1.54, 1.807) is 24.3 Å². The summed E-state index contributed by atoms with van der Waals surface area (Å²) in [4.78, 5) is 28.1. The molecule has 0 aliphatic carbocycles. The Morgan fingerprint density at radius 3 is 2.19 bits per heavy atom. The van der Waals surface area contributed by atoms with Gasteiger partial charge in [0.2, 0.25) is 0 Å². The molecule has 0 aliphatic rings. The fraction of sp³-hybridized carbons (Fsp3) is 0.533. The number of nitrogens with zero attached hydrogens (tertiary/aromatic N) is 1. The Morgan fingerprint density at radius 1 is 0.944 bits per heavy atom. The highest BCUT2D eigenvalue weighted by Gasteiger charge is 2.23. The van der Waals surface area contributed by atoms with Crippen LogP contribution in [0.3, 0.4) is 0 Å². The van der Waals surface area contributed by atoms with Crippen molar-refractivity contribution in [3.63, 3.8) is 0 Å². The Balaban J connectivity index is 2.14. The van der Waals surface area contributed by atoms with E-state index in [4.69, 9.17) is 0 Å². The molecule has 0 radical (unpaired) electrons. The Kier molecular flexibility index (Phi) is 12.1. The Labute approximate surface area is 217 Å². The minimum absolute atomic E-state index is 0.0581. The lowest BCUT2D eigenvalue weighted by Gasteiger charge is -2.26. The lowest BCUT2D eigenvalue weighted by atomic mass is 9.92. The number of amides is 2. The largest absolute Gasteiger partial charge is 0.390 e. The van der Waals surface area contributed by atoms with E-state index < -0.39 is 12.1 Å². The predicted molar refractivity (Wildman–Crippen MR) is 147 cm³/mol. The topological polar surface area (TPSA) is 81.7 Å². The fourth-order valence-electron chi connectivity index (χ4n) is 4.09. The minimum atomic E-state index is -0.761. The summed E-state index contributed by atoms with van der Waals surface area (Å²) in [5.74, 6) is -0.353. The van der Waals surface area contributed by atoms with Crippen LogP contribution in [-0.2, 0) is 6.42 Å². The summed E-state index contributed by atoms with van der Waals surface area (Å²) in [5, 5.41) is 17.4. The molecule has 0 fully saturated rings. The first-order valence-electron chi connectivity index (χ1n) is 13.3. The second-order valence-corrected chi connectivity index (χ2v) is 10.7. The Hall–Kier alpha value is -2.70. The van der Waals surface area contributed by atoms with Gasteiger partial charge in [-0.05, 0) is 61.4 Å². The molecule has 0 spiro atoms. The molecular formula is C30H45N3O3. The van der Waals surface area contributed by atoms with Crippen molar-refractivity contribution in [2.75, 3.05) is 26.2 Å². The van der Waals surface area contributed by atoms with Crippen molar-refractivity contribution in [3.8, 4) is 0 Å². The highest BCUT2D eigenvalue weighted by molar-refractivity contribution is 5.99. The van der Waals surface area contributed by atoms with E-state index >= 15 is 0 Å². The van der Waals surface area contributed by atoms with Gasteiger partial charge in [-0.25, -0.2) is 0 Å². The van der Waals surface area contributed by atoms with Crippen LogP contribution in [0.15, 0.2) is 54.6 Å². The van der Waals surface area contributed by atoms with E-state index in [2.05, 4.69) is 45.3 Å². The number of nitrogens with one attached hydrogen (secondary N) is 2. The lowest BCUT2D eigenvalue weighted by Crippen LogP contribution is -2.49. The average molecular weight is 496 g/mol. The molecular weight excluding hydrogens is 450 g/mol. The molecule has 0 bridgehead atoms. The lowest BCUT2D eigenvalue weighted by molar-refractivity contribution is 0.0755. The van der Waals surface area contributed by atoms with Crippen molar-refractivity contribution in [2.45, 2.75) is 72.4 Å². The van der Waals surface area contributed by atoms with Crippen molar-refractivity contribution in [1.29, 1.82) is 0 Å². The maximum atomic E-state index is 13.2. The summed E-state index contributed by atoms with van der Waals surface area (Å²) in [5.41, 5.74) is 2.17. The molecule has 2 aromatic rings. The van der Waals surface area contributed by atoms with Gasteiger partial charge in [-0.3, -0.25) is 9.59 Å². The molecule has 198 valence electrons. The number of rotatable bonds is 14. The van der Waals surface area contributed by atoms with Crippen molar-refractivity contribution in [3.05, 3.63) is 71.3 Å². The van der Waals surface area contributed by atoms with E-state index in [0.29, 0.717) is 37.2 Å². The van der Waals surface area contributed by atoms with Crippen LogP contribution >= 0.6 is 0 Å². The summed E-state index contributed by atoms with van der Waals surface area (Å²) < 4.78 is 0. The third kappa shape index (κ3) is 10.1. The van der Waals surface area contributed by atoms with Gasteiger partial charge >= 0.3 is 0 Å². The molecule has 6 nitrogen and oxygen atoms in total. The van der Waals surface area contributed by atoms with Gasteiger partial charge in [0.15, 0.2) is 0 Å². The molecule has 0 unspecified atom stereocenters. The van der Waals surface area contributed by atoms with Crippen molar-refractivity contribution in [2.24, 2.45) is 5.41 Å². The second-order valence-electron chi connectivity index (χ2n) is 10.7.